The highest BCUT2D eigenvalue weighted by Gasteiger charge is 2.03. The van der Waals surface area contributed by atoms with Gasteiger partial charge in [0, 0.05) is 24.8 Å². The van der Waals surface area contributed by atoms with Crippen LogP contribution in [0.2, 0.25) is 0 Å². The zero-order chi connectivity index (χ0) is 17.6. The van der Waals surface area contributed by atoms with E-state index in [1.807, 2.05) is 72.8 Å². The Balaban J connectivity index is 1.87. The Morgan fingerprint density at radius 2 is 0.920 bits per heavy atom. The molecule has 0 aliphatic carbocycles. The van der Waals surface area contributed by atoms with Gasteiger partial charge < -0.3 is 10.6 Å². The van der Waals surface area contributed by atoms with Crippen molar-refractivity contribution >= 4 is 70.8 Å². The van der Waals surface area contributed by atoms with Crippen molar-refractivity contribution in [3.63, 3.8) is 0 Å². The predicted molar refractivity (Wildman–Crippen MR) is 117 cm³/mol. The fourth-order valence-corrected chi connectivity index (χ4v) is 2.86. The molecule has 0 spiro atoms. The number of hydrogen-bond donors (Lipinski definition) is 2. The van der Waals surface area contributed by atoms with Crippen molar-refractivity contribution in [2.45, 2.75) is 0 Å². The number of guanidine groups is 1. The molecule has 0 aliphatic rings. The first-order valence-electron chi connectivity index (χ1n) is 7.48. The Morgan fingerprint density at radius 1 is 0.560 bits per heavy atom. The fraction of sp³-hybridized carbons (Fsp3) is 0. The molecule has 3 rings (SSSR count). The van der Waals surface area contributed by atoms with E-state index in [0.717, 1.165) is 30.5 Å². The SMILES string of the molecule is Brc1ccc(N=C(Nc2ccc(Br)cc2)Nc2ccc(Br)cc2)cc1. The maximum atomic E-state index is 4.69. The van der Waals surface area contributed by atoms with Crippen LogP contribution in [-0.2, 0) is 0 Å². The normalized spacial score (nSPS) is 10.2. The van der Waals surface area contributed by atoms with Gasteiger partial charge in [0.2, 0.25) is 5.96 Å². The highest BCUT2D eigenvalue weighted by molar-refractivity contribution is 9.11. The summed E-state index contributed by atoms with van der Waals surface area (Å²) >= 11 is 10.3. The van der Waals surface area contributed by atoms with Gasteiger partial charge in [-0.25, -0.2) is 4.99 Å². The first-order chi connectivity index (χ1) is 12.1. The third kappa shape index (κ3) is 5.70. The van der Waals surface area contributed by atoms with E-state index in [0.29, 0.717) is 5.96 Å². The van der Waals surface area contributed by atoms with Crippen LogP contribution < -0.4 is 10.6 Å². The van der Waals surface area contributed by atoms with Crippen molar-refractivity contribution < 1.29 is 0 Å². The van der Waals surface area contributed by atoms with Crippen LogP contribution in [0.25, 0.3) is 0 Å². The van der Waals surface area contributed by atoms with Crippen molar-refractivity contribution in [2.24, 2.45) is 4.99 Å². The first-order valence-corrected chi connectivity index (χ1v) is 9.86. The molecule has 3 aromatic carbocycles. The molecule has 0 bridgehead atoms. The van der Waals surface area contributed by atoms with Crippen molar-refractivity contribution in [3.8, 4) is 0 Å². The lowest BCUT2D eigenvalue weighted by molar-refractivity contribution is 1.44. The molecule has 0 atom stereocenters. The smallest absolute Gasteiger partial charge is 0.205 e. The maximum absolute atomic E-state index is 4.69. The minimum atomic E-state index is 0.645. The third-order valence-corrected chi connectivity index (χ3v) is 4.87. The van der Waals surface area contributed by atoms with E-state index in [1.54, 1.807) is 0 Å². The number of nitrogens with one attached hydrogen (secondary N) is 2. The van der Waals surface area contributed by atoms with E-state index in [2.05, 4.69) is 63.4 Å². The average molecular weight is 524 g/mol. The number of benzene rings is 3. The molecule has 0 amide bonds. The Kier molecular flexibility index (Phi) is 6.29. The molecule has 0 saturated carbocycles. The van der Waals surface area contributed by atoms with Gasteiger partial charge in [0.05, 0.1) is 5.69 Å². The van der Waals surface area contributed by atoms with Crippen LogP contribution >= 0.6 is 47.8 Å². The monoisotopic (exact) mass is 521 g/mol. The quantitative estimate of drug-likeness (QED) is 0.281. The van der Waals surface area contributed by atoms with Gasteiger partial charge in [0.15, 0.2) is 0 Å². The molecular formula is C19H14Br3N3. The van der Waals surface area contributed by atoms with Crippen LogP contribution in [0.15, 0.2) is 91.2 Å². The molecule has 0 aliphatic heterocycles. The van der Waals surface area contributed by atoms with E-state index < -0.39 is 0 Å². The van der Waals surface area contributed by atoms with E-state index in [-0.39, 0.29) is 0 Å². The molecule has 0 saturated heterocycles. The third-order valence-electron chi connectivity index (χ3n) is 3.28. The molecule has 0 aromatic heterocycles. The molecule has 3 nitrogen and oxygen atoms in total. The van der Waals surface area contributed by atoms with Crippen LogP contribution in [0, 0.1) is 0 Å². The Morgan fingerprint density at radius 3 is 1.32 bits per heavy atom. The van der Waals surface area contributed by atoms with Gasteiger partial charge in [-0.15, -0.1) is 0 Å². The predicted octanol–water partition coefficient (Wildman–Crippen LogP) is 7.19. The summed E-state index contributed by atoms with van der Waals surface area (Å²) < 4.78 is 3.09. The summed E-state index contributed by atoms with van der Waals surface area (Å²) in [5.41, 5.74) is 2.75. The second kappa shape index (κ2) is 8.65. The number of nitrogens with zero attached hydrogens (tertiary/aromatic N) is 1. The Hall–Kier alpha value is -1.63. The summed E-state index contributed by atoms with van der Waals surface area (Å²) in [4.78, 5) is 4.69. The van der Waals surface area contributed by atoms with Gasteiger partial charge in [0.25, 0.3) is 0 Å². The molecule has 3 aromatic rings. The zero-order valence-electron chi connectivity index (χ0n) is 13.0. The topological polar surface area (TPSA) is 36.4 Å². The van der Waals surface area contributed by atoms with Gasteiger partial charge in [-0.1, -0.05) is 47.8 Å². The summed E-state index contributed by atoms with van der Waals surface area (Å²) in [6, 6.07) is 23.7. The average Bonchev–Trinajstić information content (AvgIpc) is 2.61. The highest BCUT2D eigenvalue weighted by atomic mass is 79.9. The van der Waals surface area contributed by atoms with Gasteiger partial charge in [-0.05, 0) is 72.8 Å². The molecule has 2 N–H and O–H groups in total. The van der Waals surface area contributed by atoms with Gasteiger partial charge in [-0.3, -0.25) is 0 Å². The number of aliphatic imine (C=N–C) groups is 1. The number of anilines is 2. The van der Waals surface area contributed by atoms with Crippen LogP contribution in [0.5, 0.6) is 0 Å². The van der Waals surface area contributed by atoms with E-state index in [1.165, 1.54) is 0 Å². The van der Waals surface area contributed by atoms with Gasteiger partial charge >= 0.3 is 0 Å². The number of hydrogen-bond acceptors (Lipinski definition) is 1. The van der Waals surface area contributed by atoms with Gasteiger partial charge in [0.1, 0.15) is 0 Å². The molecule has 6 heteroatoms. The summed E-state index contributed by atoms with van der Waals surface area (Å²) in [6.45, 7) is 0. The summed E-state index contributed by atoms with van der Waals surface area (Å²) in [7, 11) is 0. The van der Waals surface area contributed by atoms with Gasteiger partial charge in [-0.2, -0.15) is 0 Å². The van der Waals surface area contributed by atoms with Crippen LogP contribution in [0.1, 0.15) is 0 Å². The number of halogens is 3. The second-order valence-corrected chi connectivity index (χ2v) is 7.95. The second-order valence-electron chi connectivity index (χ2n) is 5.20. The minimum absolute atomic E-state index is 0.645. The maximum Gasteiger partial charge on any atom is 0.205 e. The molecule has 126 valence electrons. The van der Waals surface area contributed by atoms with E-state index >= 15 is 0 Å². The van der Waals surface area contributed by atoms with Crippen LogP contribution in [0.4, 0.5) is 17.1 Å². The van der Waals surface area contributed by atoms with E-state index in [9.17, 15) is 0 Å². The number of rotatable bonds is 3. The molecule has 0 heterocycles. The molecular weight excluding hydrogens is 510 g/mol. The lowest BCUT2D eigenvalue weighted by Crippen LogP contribution is -2.21. The fourth-order valence-electron chi connectivity index (χ4n) is 2.07. The highest BCUT2D eigenvalue weighted by Crippen LogP contribution is 2.20. The molecule has 0 fully saturated rings. The summed E-state index contributed by atoms with van der Waals surface area (Å²) in [5.74, 6) is 0.645. The Bertz CT molecular complexity index is 808. The van der Waals surface area contributed by atoms with Crippen molar-refractivity contribution in [3.05, 3.63) is 86.2 Å². The van der Waals surface area contributed by atoms with Crippen molar-refractivity contribution in [1.82, 2.24) is 0 Å². The van der Waals surface area contributed by atoms with Crippen molar-refractivity contribution in [1.29, 1.82) is 0 Å². The Labute approximate surface area is 172 Å². The molecule has 0 unspecified atom stereocenters. The molecule has 25 heavy (non-hydrogen) atoms. The van der Waals surface area contributed by atoms with Crippen LogP contribution in [0.3, 0.4) is 0 Å². The largest absolute Gasteiger partial charge is 0.326 e. The van der Waals surface area contributed by atoms with Crippen LogP contribution in [-0.4, -0.2) is 5.96 Å². The standard InChI is InChI=1S/C19H14Br3N3/c20-13-1-7-16(8-2-13)23-19(24-17-9-3-14(21)4-10-17)25-18-11-5-15(22)6-12-18/h1-12H,(H2,23,24,25). The summed E-state index contributed by atoms with van der Waals surface area (Å²) in [6.07, 6.45) is 0. The zero-order valence-corrected chi connectivity index (χ0v) is 17.8. The lowest BCUT2D eigenvalue weighted by atomic mass is 10.3. The summed E-state index contributed by atoms with van der Waals surface area (Å²) in [5, 5.41) is 6.65. The minimum Gasteiger partial charge on any atom is -0.326 e. The molecule has 0 radical (unpaired) electrons. The van der Waals surface area contributed by atoms with E-state index in [4.69, 9.17) is 0 Å². The lowest BCUT2D eigenvalue weighted by Gasteiger charge is -2.13. The van der Waals surface area contributed by atoms with Crippen molar-refractivity contribution in [2.75, 3.05) is 10.6 Å². The first kappa shape index (κ1) is 18.2.